The number of hydrogen-bond donors (Lipinski definition) is 0. The molecule has 0 nitrogen and oxygen atoms in total. The van der Waals surface area contributed by atoms with Crippen molar-refractivity contribution >= 4 is 150 Å². The average Bonchev–Trinajstić information content (AvgIpc) is 2.69. The second-order valence-corrected chi connectivity index (χ2v) is 141. The van der Waals surface area contributed by atoms with E-state index in [1.54, 1.807) is 0 Å². The SMILES string of the molecule is CC(C)[Si](C([Si](C)(C)C)[Si](C)(C)C)(C([Si](C)(C)C)[Si](C)(C)C)[Si](Br)(Br)[Si](Br)(Br)[Si](C(C)C)(C([Si](C)(C)C)[Si](C)(C)C)C([Si](C)(C)C)[Si](C)(C)C. The zero-order valence-electron chi connectivity index (χ0n) is 39.0. The molecule has 0 radical (unpaired) electrons. The molecule has 0 saturated heterocycles. The number of halogens is 4. The molecule has 0 saturated carbocycles. The third-order valence-electron chi connectivity index (χ3n) is 12.2. The minimum absolute atomic E-state index is 0.745. The summed E-state index contributed by atoms with van der Waals surface area (Å²) < 4.78 is -4.90. The van der Waals surface area contributed by atoms with Crippen LogP contribution < -0.4 is 0 Å². The van der Waals surface area contributed by atoms with Crippen molar-refractivity contribution in [2.24, 2.45) is 0 Å². The Kier molecular flexibility index (Phi) is 18.0. The topological polar surface area (TPSA) is 0 Å². The van der Waals surface area contributed by atoms with Gasteiger partial charge in [-0.2, -0.15) is 0 Å². The Bertz CT molecular complexity index is 925. The lowest BCUT2D eigenvalue weighted by Crippen LogP contribution is -2.90. The molecule has 0 N–H and O–H groups in total. The average molecular weight is 1160 g/mol. The van der Waals surface area contributed by atoms with E-state index in [4.69, 9.17) is 61.2 Å². The highest BCUT2D eigenvalue weighted by molar-refractivity contribution is 9.69. The van der Waals surface area contributed by atoms with Crippen LogP contribution in [0.15, 0.2) is 0 Å². The van der Waals surface area contributed by atoms with E-state index in [0.29, 0.717) is 0 Å². The minimum Gasteiger partial charge on any atom is -0.116 e. The number of rotatable bonds is 17. The van der Waals surface area contributed by atoms with Gasteiger partial charge < -0.3 is 0 Å². The fourth-order valence-corrected chi connectivity index (χ4v) is 327. The van der Waals surface area contributed by atoms with Crippen molar-refractivity contribution < 1.29 is 0 Å². The van der Waals surface area contributed by atoms with Crippen LogP contribution in [0.25, 0.3) is 0 Å². The van der Waals surface area contributed by atoms with Gasteiger partial charge in [-0.05, 0) is 0 Å². The smallest absolute Gasteiger partial charge is 0.116 e. The molecule has 302 valence electrons. The Morgan fingerprint density at radius 1 is 0.240 bits per heavy atom. The molecule has 0 unspecified atom stereocenters. The maximum atomic E-state index is 5.38. The van der Waals surface area contributed by atoms with Crippen LogP contribution >= 0.6 is 61.2 Å². The monoisotopic (exact) mass is 1150 g/mol. The third kappa shape index (κ3) is 10.4. The van der Waals surface area contributed by atoms with Crippen molar-refractivity contribution in [3.63, 3.8) is 0 Å². The quantitative estimate of drug-likeness (QED) is 0.101. The first-order valence-electron chi connectivity index (χ1n) is 19.9. The highest BCUT2D eigenvalue weighted by atomic mass is 79.9. The van der Waals surface area contributed by atoms with E-state index in [1.165, 1.54) is 0 Å². The van der Waals surface area contributed by atoms with Gasteiger partial charge in [-0.3, -0.25) is 0 Å². The molecule has 0 fully saturated rings. The Labute approximate surface area is 360 Å². The first kappa shape index (κ1) is 54.5. The van der Waals surface area contributed by atoms with E-state index in [0.717, 1.165) is 30.2 Å². The normalized spacial score (nSPS) is 16.7. The van der Waals surface area contributed by atoms with Gasteiger partial charge in [0.25, 0.3) is 0 Å². The van der Waals surface area contributed by atoms with Crippen molar-refractivity contribution in [2.45, 2.75) is 215 Å². The molecule has 0 aliphatic rings. The van der Waals surface area contributed by atoms with Gasteiger partial charge in [0.2, 0.25) is 8.70 Å². The van der Waals surface area contributed by atoms with E-state index < -0.39 is 88.5 Å². The summed E-state index contributed by atoms with van der Waals surface area (Å²) in [4.78, 5) is 3.80. The molecule has 50 heavy (non-hydrogen) atoms. The zero-order chi connectivity index (χ0) is 41.5. The first-order chi connectivity index (χ1) is 21.1. The summed E-state index contributed by atoms with van der Waals surface area (Å²) in [5, 5.41) is 0. The third-order valence-corrected chi connectivity index (χ3v) is 208. The highest BCUT2D eigenvalue weighted by Gasteiger charge is 2.83. The molecule has 16 heteroatoms. The molecule has 0 heterocycles. The van der Waals surface area contributed by atoms with Crippen LogP contribution in [-0.2, 0) is 0 Å². The summed E-state index contributed by atoms with van der Waals surface area (Å²) in [6.07, 6.45) is 0. The molecule has 0 rings (SSSR count). The van der Waals surface area contributed by atoms with E-state index in [-0.39, 0.29) is 0 Å². The van der Waals surface area contributed by atoms with Gasteiger partial charge in [0.15, 0.2) is 0 Å². The maximum Gasteiger partial charge on any atom is 0.203 e. The summed E-state index contributed by atoms with van der Waals surface area (Å²) in [6.45, 7) is 79.1. The van der Waals surface area contributed by atoms with Crippen LogP contribution in [-0.4, -0.2) is 88.5 Å². The minimum atomic E-state index is -2.45. The van der Waals surface area contributed by atoms with Gasteiger partial charge in [-0.25, -0.2) is 0 Å². The van der Waals surface area contributed by atoms with Gasteiger partial charge in [-0.1, -0.05) is 215 Å². The highest BCUT2D eigenvalue weighted by Crippen LogP contribution is 2.71. The predicted molar refractivity (Wildman–Crippen MR) is 291 cm³/mol. The van der Waals surface area contributed by atoms with Gasteiger partial charge in [0.05, 0.1) is 15.2 Å². The van der Waals surface area contributed by atoms with Crippen LogP contribution in [0, 0.1) is 0 Å². The van der Waals surface area contributed by atoms with Crippen molar-refractivity contribution in [3.8, 4) is 0 Å². The van der Waals surface area contributed by atoms with Crippen LogP contribution in [0.5, 0.6) is 0 Å². The maximum absolute atomic E-state index is 5.38. The van der Waals surface area contributed by atoms with E-state index in [2.05, 4.69) is 185 Å². The van der Waals surface area contributed by atoms with Gasteiger partial charge in [-0.15, -0.1) is 61.2 Å². The van der Waals surface area contributed by atoms with Gasteiger partial charge >= 0.3 is 0 Å². The van der Waals surface area contributed by atoms with E-state index in [1.807, 2.05) is 0 Å². The lowest BCUT2D eigenvalue weighted by Gasteiger charge is -2.72. The predicted octanol–water partition coefficient (Wildman–Crippen LogP) is 16.9. The van der Waals surface area contributed by atoms with Crippen LogP contribution in [0.3, 0.4) is 0 Å². The molecule has 0 bridgehead atoms. The Morgan fingerprint density at radius 2 is 0.340 bits per heavy atom. The summed E-state index contributed by atoms with van der Waals surface area (Å²) in [5.41, 5.74) is 1.49. The molecule has 0 aromatic heterocycles. The molecule has 0 atom stereocenters. The van der Waals surface area contributed by atoms with Crippen molar-refractivity contribution in [1.82, 2.24) is 0 Å². The standard InChI is InChI=1S/C34H90Br4Si12/c1-29(2)47(31(39(5,6)7)40(8,9)10,32(41(11,12)13)42(14,15)16)49(35,36)50(37,38)48(30(3)4,33(43(17,18)19)44(20,21)22)34(45(23,24)25)46(26,27)28/h29-34H,1-28H3. The number of hydrogen-bond acceptors (Lipinski definition) is 0. The van der Waals surface area contributed by atoms with Gasteiger partial charge in [0.1, 0.15) is 0 Å². The summed E-state index contributed by atoms with van der Waals surface area (Å²) in [5.74, 6) is 0. The lowest BCUT2D eigenvalue weighted by molar-refractivity contribution is 0.986. The largest absolute Gasteiger partial charge is 0.203 e. The second-order valence-electron chi connectivity index (χ2n) is 26.0. The van der Waals surface area contributed by atoms with Crippen LogP contribution in [0.2, 0.25) is 187 Å². The van der Waals surface area contributed by atoms with E-state index >= 15 is 0 Å². The summed E-state index contributed by atoms with van der Waals surface area (Å²) >= 11 is 21.5. The molecule has 0 aromatic rings. The molecule has 0 amide bonds. The molecular weight excluding hydrogens is 1070 g/mol. The molecule has 0 aliphatic heterocycles. The fraction of sp³-hybridized carbons (Fsp3) is 1.00. The zero-order valence-corrected chi connectivity index (χ0v) is 57.3. The Balaban J connectivity index is 10.0. The fourth-order valence-electron chi connectivity index (χ4n) is 14.6. The first-order valence-corrected chi connectivity index (χ1v) is 69.0. The van der Waals surface area contributed by atoms with Gasteiger partial charge in [0, 0.05) is 64.6 Å². The summed E-state index contributed by atoms with van der Waals surface area (Å²) in [7, 11) is -17.6. The molecule has 0 aromatic carbocycles. The van der Waals surface area contributed by atoms with E-state index in [9.17, 15) is 0 Å². The van der Waals surface area contributed by atoms with Crippen LogP contribution in [0.1, 0.15) is 27.7 Å². The Morgan fingerprint density at radius 3 is 0.400 bits per heavy atom. The Hall–Kier alpha value is 4.52. The lowest BCUT2D eigenvalue weighted by atomic mass is 10.6. The molecule has 0 spiro atoms. The molecule has 0 aliphatic carbocycles. The van der Waals surface area contributed by atoms with Crippen molar-refractivity contribution in [1.29, 1.82) is 0 Å². The second kappa shape index (κ2) is 16.5. The van der Waals surface area contributed by atoms with Crippen molar-refractivity contribution in [2.75, 3.05) is 0 Å². The van der Waals surface area contributed by atoms with Crippen LogP contribution in [0.4, 0.5) is 0 Å². The molecular formula is C34H90Br4Si12. The van der Waals surface area contributed by atoms with Crippen molar-refractivity contribution in [3.05, 3.63) is 0 Å². The summed E-state index contributed by atoms with van der Waals surface area (Å²) in [6, 6.07) is 0.